The number of cyclic esters (lactones) is 2. The minimum atomic E-state index is -0.602. The van der Waals surface area contributed by atoms with Crippen LogP contribution in [0.2, 0.25) is 0 Å². The summed E-state index contributed by atoms with van der Waals surface area (Å²) in [5, 5.41) is 0. The van der Waals surface area contributed by atoms with Crippen molar-refractivity contribution < 1.29 is 23.9 Å². The lowest BCUT2D eigenvalue weighted by Gasteiger charge is -2.08. The van der Waals surface area contributed by atoms with Gasteiger partial charge in [0.2, 0.25) is 0 Å². The minimum Gasteiger partial charge on any atom is -0.386 e. The summed E-state index contributed by atoms with van der Waals surface area (Å²) in [5.41, 5.74) is 1.51. The van der Waals surface area contributed by atoms with Crippen molar-refractivity contribution in [3.8, 4) is 0 Å². The highest BCUT2D eigenvalue weighted by molar-refractivity contribution is 8.00. The fourth-order valence-corrected chi connectivity index (χ4v) is 6.40. The molecule has 0 aromatic heterocycles. The van der Waals surface area contributed by atoms with Crippen LogP contribution in [0, 0.1) is 0 Å². The molecule has 5 rings (SSSR count). The van der Waals surface area contributed by atoms with Crippen LogP contribution in [0.1, 0.15) is 55.3 Å². The van der Waals surface area contributed by atoms with E-state index in [1.807, 2.05) is 48.5 Å². The van der Waals surface area contributed by atoms with Crippen LogP contribution in [0.25, 0.3) is 0 Å². The van der Waals surface area contributed by atoms with Gasteiger partial charge in [-0.1, -0.05) is 35.3 Å². The maximum atomic E-state index is 12.0. The first kappa shape index (κ1) is 26.0. The first-order valence-corrected chi connectivity index (χ1v) is 14.0. The predicted molar refractivity (Wildman–Crippen MR) is 148 cm³/mol. The van der Waals surface area contributed by atoms with Gasteiger partial charge in [0.05, 0.1) is 11.1 Å². The maximum absolute atomic E-state index is 12.0. The van der Waals surface area contributed by atoms with Gasteiger partial charge in [-0.2, -0.15) is 0 Å². The molecule has 38 heavy (non-hydrogen) atoms. The Morgan fingerprint density at radius 2 is 0.895 bits per heavy atom. The fourth-order valence-electron chi connectivity index (χ4n) is 3.87. The highest BCUT2D eigenvalue weighted by Gasteiger charge is 2.29. The van der Waals surface area contributed by atoms with Crippen LogP contribution in [0.5, 0.6) is 0 Å². The van der Waals surface area contributed by atoms with E-state index >= 15 is 0 Å². The third-order valence-corrected chi connectivity index (χ3v) is 8.73. The van der Waals surface area contributed by atoms with Gasteiger partial charge in [-0.05, 0) is 98.8 Å². The van der Waals surface area contributed by atoms with Crippen LogP contribution in [-0.2, 0) is 4.74 Å². The van der Waals surface area contributed by atoms with Crippen LogP contribution in [0.15, 0.2) is 114 Å². The van der Waals surface area contributed by atoms with E-state index in [-0.39, 0.29) is 11.6 Å². The van der Waals surface area contributed by atoms with Crippen LogP contribution in [-0.4, -0.2) is 23.5 Å². The van der Waals surface area contributed by atoms with Gasteiger partial charge in [-0.15, -0.1) is 0 Å². The van der Waals surface area contributed by atoms with Crippen molar-refractivity contribution in [2.75, 3.05) is 0 Å². The molecule has 0 aliphatic carbocycles. The molecule has 1 aliphatic rings. The molecule has 0 N–H and O–H groups in total. The Morgan fingerprint density at radius 3 is 1.39 bits per heavy atom. The number of ether oxygens (including phenoxy) is 1. The molecule has 0 radical (unpaired) electrons. The third-order valence-electron chi connectivity index (χ3n) is 5.72. The second-order valence-electron chi connectivity index (χ2n) is 8.45. The van der Waals surface area contributed by atoms with Crippen LogP contribution < -0.4 is 0 Å². The Bertz CT molecular complexity index is 1590. The molecule has 0 unspecified atom stereocenters. The summed E-state index contributed by atoms with van der Waals surface area (Å²) in [6.45, 7) is 2.94. The van der Waals surface area contributed by atoms with Crippen molar-refractivity contribution in [3.63, 3.8) is 0 Å². The molecule has 0 atom stereocenters. The topological polar surface area (TPSA) is 77.5 Å². The number of Topliss-reactive ketones (excluding diaryl/α,β-unsaturated/α-hetero) is 2. The summed E-state index contributed by atoms with van der Waals surface area (Å²) in [7, 11) is 0. The molecule has 188 valence electrons. The minimum absolute atomic E-state index is 0.118. The molecule has 1 heterocycles. The Morgan fingerprint density at radius 1 is 0.500 bits per heavy atom. The summed E-state index contributed by atoms with van der Waals surface area (Å²) < 4.78 is 4.66. The van der Waals surface area contributed by atoms with Gasteiger partial charge in [-0.25, -0.2) is 9.59 Å². The second-order valence-corrected chi connectivity index (χ2v) is 11.9. The van der Waals surface area contributed by atoms with Gasteiger partial charge in [-0.3, -0.25) is 9.59 Å². The van der Waals surface area contributed by atoms with E-state index in [1.165, 1.54) is 25.6 Å². The molecule has 0 bridgehead atoms. The third kappa shape index (κ3) is 5.78. The Hall–Kier alpha value is -3.59. The van der Waals surface area contributed by atoms with Crippen molar-refractivity contribution in [1.82, 2.24) is 0 Å². The number of hydrogen-bond acceptors (Lipinski definition) is 8. The van der Waals surface area contributed by atoms with E-state index in [1.54, 1.807) is 47.8 Å². The molecular formula is C30H20O5S3. The van der Waals surface area contributed by atoms with Crippen LogP contribution in [0.4, 0.5) is 0 Å². The van der Waals surface area contributed by atoms with E-state index in [9.17, 15) is 19.2 Å². The monoisotopic (exact) mass is 556 g/mol. The number of carbonyl (C=O) groups excluding carboxylic acids is 4. The average molecular weight is 557 g/mol. The van der Waals surface area contributed by atoms with Gasteiger partial charge in [0.15, 0.2) is 11.6 Å². The van der Waals surface area contributed by atoms with Crippen molar-refractivity contribution in [2.24, 2.45) is 0 Å². The van der Waals surface area contributed by atoms with Crippen molar-refractivity contribution in [1.29, 1.82) is 0 Å². The number of rotatable bonds is 8. The Balaban J connectivity index is 1.22. The lowest BCUT2D eigenvalue weighted by Crippen LogP contribution is -2.03. The van der Waals surface area contributed by atoms with E-state index in [4.69, 9.17) is 0 Å². The number of hydrogen-bond donors (Lipinski definition) is 0. The van der Waals surface area contributed by atoms with Crippen molar-refractivity contribution in [3.05, 3.63) is 107 Å². The summed E-state index contributed by atoms with van der Waals surface area (Å²) >= 11 is 4.70. The predicted octanol–water partition coefficient (Wildman–Crippen LogP) is 7.86. The largest absolute Gasteiger partial charge is 0.386 e. The first-order valence-electron chi connectivity index (χ1n) is 11.6. The van der Waals surface area contributed by atoms with Crippen LogP contribution in [0.3, 0.4) is 0 Å². The number of carbonyl (C=O) groups is 4. The van der Waals surface area contributed by atoms with Gasteiger partial charge in [0, 0.05) is 40.5 Å². The summed E-state index contributed by atoms with van der Waals surface area (Å²) in [6.07, 6.45) is 0. The van der Waals surface area contributed by atoms with Gasteiger partial charge >= 0.3 is 11.9 Å². The standard InChI is InChI=1S/C30H20O5S3/c1-17(31)25-13-11-23(15-27(25)18(2)32)37-21-7-3-19(4-8-21)36-20-5-9-22(10-6-20)38-24-12-14-26-28(16-24)30(34)35-29(26)33/h3-16H,1-2H3. The maximum Gasteiger partial charge on any atom is 0.346 e. The highest BCUT2D eigenvalue weighted by Crippen LogP contribution is 2.36. The summed E-state index contributed by atoms with van der Waals surface area (Å²) in [4.78, 5) is 53.2. The quantitative estimate of drug-likeness (QED) is 0.123. The van der Waals surface area contributed by atoms with Gasteiger partial charge in [0.25, 0.3) is 0 Å². The molecular weight excluding hydrogens is 537 g/mol. The van der Waals surface area contributed by atoms with Crippen molar-refractivity contribution in [2.45, 2.75) is 43.2 Å². The molecule has 4 aromatic carbocycles. The van der Waals surface area contributed by atoms with E-state index in [2.05, 4.69) is 16.9 Å². The molecule has 0 fully saturated rings. The SMILES string of the molecule is CC(=O)c1ccc(Sc2ccc(Sc3ccc(Sc4ccc5c(c4)C(=O)OC5=O)cc3)cc2)cc1C(C)=O. The molecule has 4 aromatic rings. The first-order chi connectivity index (χ1) is 18.3. The lowest BCUT2D eigenvalue weighted by atomic mass is 10.0. The normalized spacial score (nSPS) is 12.3. The highest BCUT2D eigenvalue weighted by atomic mass is 32.2. The molecule has 0 spiro atoms. The molecule has 5 nitrogen and oxygen atoms in total. The second kappa shape index (κ2) is 11.0. The van der Waals surface area contributed by atoms with E-state index in [0.29, 0.717) is 22.3 Å². The number of benzene rings is 4. The number of ketones is 2. The Kier molecular flexibility index (Phi) is 7.56. The van der Waals surface area contributed by atoms with E-state index in [0.717, 1.165) is 29.4 Å². The Labute approximate surface area is 232 Å². The molecule has 8 heteroatoms. The smallest absolute Gasteiger partial charge is 0.346 e. The average Bonchev–Trinajstić information content (AvgIpc) is 3.18. The molecule has 0 saturated carbocycles. The van der Waals surface area contributed by atoms with Crippen LogP contribution >= 0.6 is 35.3 Å². The van der Waals surface area contributed by atoms with Gasteiger partial charge < -0.3 is 4.74 Å². The molecule has 0 saturated heterocycles. The summed E-state index contributed by atoms with van der Waals surface area (Å²) in [5.74, 6) is -1.44. The lowest BCUT2D eigenvalue weighted by molar-refractivity contribution is 0.0443. The van der Waals surface area contributed by atoms with Gasteiger partial charge in [0.1, 0.15) is 0 Å². The zero-order valence-corrected chi connectivity index (χ0v) is 22.8. The van der Waals surface area contributed by atoms with Crippen molar-refractivity contribution >= 4 is 58.8 Å². The zero-order valence-electron chi connectivity index (χ0n) is 20.3. The fraction of sp³-hybridized carbons (Fsp3) is 0.0667. The number of fused-ring (bicyclic) bond motifs is 1. The van der Waals surface area contributed by atoms with E-state index < -0.39 is 11.9 Å². The number of esters is 2. The molecule has 0 amide bonds. The zero-order chi connectivity index (χ0) is 26.8. The molecule has 1 aliphatic heterocycles. The summed E-state index contributed by atoms with van der Waals surface area (Å²) in [6, 6.07) is 26.8.